The van der Waals surface area contributed by atoms with Crippen molar-refractivity contribution in [3.05, 3.63) is 54.4 Å². The number of benzene rings is 1. The van der Waals surface area contributed by atoms with Crippen LogP contribution in [0.15, 0.2) is 48.8 Å². The highest BCUT2D eigenvalue weighted by molar-refractivity contribution is 5.94. The third kappa shape index (κ3) is 4.17. The van der Waals surface area contributed by atoms with Crippen molar-refractivity contribution in [2.45, 2.75) is 24.9 Å². The van der Waals surface area contributed by atoms with E-state index in [0.29, 0.717) is 12.5 Å². The minimum atomic E-state index is -0.157. The van der Waals surface area contributed by atoms with E-state index in [1.54, 1.807) is 0 Å². The van der Waals surface area contributed by atoms with Crippen LogP contribution in [-0.4, -0.2) is 78.4 Å². The number of likely N-dealkylation sites (tertiary alicyclic amines) is 1. The summed E-state index contributed by atoms with van der Waals surface area (Å²) in [5.74, 6) is 0.673. The number of amides is 1. The lowest BCUT2D eigenvalue weighted by atomic mass is 9.86. The maximum atomic E-state index is 13.2. The Balaban J connectivity index is 1.21. The Labute approximate surface area is 178 Å². The fourth-order valence-electron chi connectivity index (χ4n) is 5.23. The van der Waals surface area contributed by atoms with Gasteiger partial charge in [-0.1, -0.05) is 0 Å². The number of piperidine rings is 1. The van der Waals surface area contributed by atoms with Crippen LogP contribution in [0.2, 0.25) is 0 Å². The smallest absolute Gasteiger partial charge is 0.253 e. The first-order chi connectivity index (χ1) is 14.7. The van der Waals surface area contributed by atoms with Crippen LogP contribution in [0.5, 0.6) is 0 Å². The third-order valence-electron chi connectivity index (χ3n) is 6.75. The SMILES string of the molecule is O=C(c1ccc(-n2cccc2)cc1)N1CCC[C@]2(C[C@@H](CN3CCOCC3)CO2)C1. The highest BCUT2D eigenvalue weighted by atomic mass is 16.5. The van der Waals surface area contributed by atoms with Gasteiger partial charge >= 0.3 is 0 Å². The first-order valence-corrected chi connectivity index (χ1v) is 11.2. The van der Waals surface area contributed by atoms with Gasteiger partial charge in [0.15, 0.2) is 0 Å². The molecule has 0 unspecified atom stereocenters. The number of aromatic nitrogens is 1. The van der Waals surface area contributed by atoms with Crippen molar-refractivity contribution in [2.24, 2.45) is 5.92 Å². The van der Waals surface area contributed by atoms with Gasteiger partial charge in [-0.2, -0.15) is 0 Å². The summed E-state index contributed by atoms with van der Waals surface area (Å²) in [4.78, 5) is 17.7. The molecule has 2 atom stereocenters. The summed E-state index contributed by atoms with van der Waals surface area (Å²) in [6.45, 7) is 7.14. The van der Waals surface area contributed by atoms with Crippen LogP contribution < -0.4 is 0 Å². The van der Waals surface area contributed by atoms with E-state index in [4.69, 9.17) is 9.47 Å². The van der Waals surface area contributed by atoms with Gasteiger partial charge in [0, 0.05) is 56.4 Å². The van der Waals surface area contributed by atoms with Gasteiger partial charge in [0.05, 0.1) is 25.4 Å². The van der Waals surface area contributed by atoms with E-state index in [-0.39, 0.29) is 11.5 Å². The number of ether oxygens (including phenoxy) is 2. The second kappa shape index (κ2) is 8.53. The lowest BCUT2D eigenvalue weighted by Crippen LogP contribution is -2.50. The average molecular weight is 410 g/mol. The molecule has 0 N–H and O–H groups in total. The molecule has 1 aromatic carbocycles. The summed E-state index contributed by atoms with van der Waals surface area (Å²) < 4.78 is 13.9. The molecule has 4 heterocycles. The van der Waals surface area contributed by atoms with Crippen molar-refractivity contribution >= 4 is 5.91 Å². The second-order valence-electron chi connectivity index (χ2n) is 8.94. The zero-order valence-corrected chi connectivity index (χ0v) is 17.5. The molecule has 3 aliphatic rings. The summed E-state index contributed by atoms with van der Waals surface area (Å²) in [5, 5.41) is 0. The molecule has 5 rings (SSSR count). The quantitative estimate of drug-likeness (QED) is 0.779. The van der Waals surface area contributed by atoms with E-state index >= 15 is 0 Å². The molecule has 2 aromatic rings. The van der Waals surface area contributed by atoms with Gasteiger partial charge in [0.2, 0.25) is 0 Å². The number of morpholine rings is 1. The van der Waals surface area contributed by atoms with Crippen molar-refractivity contribution < 1.29 is 14.3 Å². The van der Waals surface area contributed by atoms with E-state index < -0.39 is 0 Å². The normalized spacial score (nSPS) is 27.6. The standard InChI is InChI=1S/C24H31N3O3/c28-23(21-4-6-22(7-5-21)26-9-1-2-10-26)27-11-3-8-24(19-27)16-20(18-30-24)17-25-12-14-29-15-13-25/h1-2,4-7,9-10,20H,3,8,11-19H2/t20-,24-/m0/s1. The first kappa shape index (κ1) is 19.8. The lowest BCUT2D eigenvalue weighted by molar-refractivity contribution is -0.0451. The fourth-order valence-corrected chi connectivity index (χ4v) is 5.23. The van der Waals surface area contributed by atoms with Gasteiger partial charge in [-0.25, -0.2) is 0 Å². The molecule has 6 nitrogen and oxygen atoms in total. The minimum Gasteiger partial charge on any atom is -0.379 e. The van der Waals surface area contributed by atoms with Crippen LogP contribution >= 0.6 is 0 Å². The van der Waals surface area contributed by atoms with Gasteiger partial charge in [-0.3, -0.25) is 9.69 Å². The van der Waals surface area contributed by atoms with Crippen molar-refractivity contribution in [3.8, 4) is 5.69 Å². The predicted octanol–water partition coefficient (Wildman–Crippen LogP) is 2.82. The molecule has 3 saturated heterocycles. The van der Waals surface area contributed by atoms with Crippen LogP contribution in [-0.2, 0) is 9.47 Å². The molecular formula is C24H31N3O3. The highest BCUT2D eigenvalue weighted by Gasteiger charge is 2.44. The first-order valence-electron chi connectivity index (χ1n) is 11.2. The second-order valence-corrected chi connectivity index (χ2v) is 8.94. The average Bonchev–Trinajstić information content (AvgIpc) is 3.45. The molecule has 6 heteroatoms. The molecule has 0 bridgehead atoms. The Bertz CT molecular complexity index is 845. The highest BCUT2D eigenvalue weighted by Crippen LogP contribution is 2.38. The lowest BCUT2D eigenvalue weighted by Gasteiger charge is -2.40. The number of hydrogen-bond acceptors (Lipinski definition) is 4. The van der Waals surface area contributed by atoms with Crippen molar-refractivity contribution in [3.63, 3.8) is 0 Å². The Morgan fingerprint density at radius 3 is 2.60 bits per heavy atom. The summed E-state index contributed by atoms with van der Waals surface area (Å²) >= 11 is 0. The number of carbonyl (C=O) groups excluding carboxylic acids is 1. The molecule has 3 fully saturated rings. The molecule has 3 aliphatic heterocycles. The fraction of sp³-hybridized carbons (Fsp3) is 0.542. The summed E-state index contributed by atoms with van der Waals surface area (Å²) in [7, 11) is 0. The van der Waals surface area contributed by atoms with Crippen molar-refractivity contribution in [1.82, 2.24) is 14.4 Å². The predicted molar refractivity (Wildman–Crippen MR) is 115 cm³/mol. The van der Waals surface area contributed by atoms with E-state index in [9.17, 15) is 4.79 Å². The molecule has 0 radical (unpaired) electrons. The van der Waals surface area contributed by atoms with E-state index in [1.165, 1.54) is 0 Å². The van der Waals surface area contributed by atoms with Gasteiger partial charge in [-0.05, 0) is 61.6 Å². The van der Waals surface area contributed by atoms with Crippen LogP contribution in [0.4, 0.5) is 0 Å². The molecule has 1 spiro atoms. The zero-order valence-electron chi connectivity index (χ0n) is 17.5. The third-order valence-corrected chi connectivity index (χ3v) is 6.75. The molecule has 0 aliphatic carbocycles. The van der Waals surface area contributed by atoms with E-state index in [1.807, 2.05) is 58.3 Å². The van der Waals surface area contributed by atoms with E-state index in [0.717, 1.165) is 76.5 Å². The van der Waals surface area contributed by atoms with Crippen molar-refractivity contribution in [2.75, 3.05) is 52.5 Å². The van der Waals surface area contributed by atoms with Gasteiger partial charge < -0.3 is 18.9 Å². The molecule has 0 saturated carbocycles. The summed E-state index contributed by atoms with van der Waals surface area (Å²) in [6, 6.07) is 11.9. The molecular weight excluding hydrogens is 378 g/mol. The van der Waals surface area contributed by atoms with Crippen LogP contribution in [0, 0.1) is 5.92 Å². The summed E-state index contributed by atoms with van der Waals surface area (Å²) in [5.41, 5.74) is 1.67. The topological polar surface area (TPSA) is 46.9 Å². The maximum Gasteiger partial charge on any atom is 0.253 e. The van der Waals surface area contributed by atoms with Gasteiger partial charge in [0.25, 0.3) is 5.91 Å². The molecule has 1 aromatic heterocycles. The largest absolute Gasteiger partial charge is 0.379 e. The van der Waals surface area contributed by atoms with Gasteiger partial charge in [0.1, 0.15) is 0 Å². The Hall–Kier alpha value is -2.15. The minimum absolute atomic E-state index is 0.119. The monoisotopic (exact) mass is 409 g/mol. The van der Waals surface area contributed by atoms with E-state index in [2.05, 4.69) is 4.90 Å². The molecule has 1 amide bonds. The Morgan fingerprint density at radius 1 is 1.07 bits per heavy atom. The van der Waals surface area contributed by atoms with Crippen molar-refractivity contribution in [1.29, 1.82) is 0 Å². The zero-order chi connectivity index (χ0) is 20.4. The Kier molecular flexibility index (Phi) is 5.63. The maximum absolute atomic E-state index is 13.2. The number of carbonyl (C=O) groups is 1. The number of nitrogens with zero attached hydrogens (tertiary/aromatic N) is 3. The van der Waals surface area contributed by atoms with Crippen LogP contribution in [0.25, 0.3) is 5.69 Å². The van der Waals surface area contributed by atoms with Crippen LogP contribution in [0.3, 0.4) is 0 Å². The van der Waals surface area contributed by atoms with Crippen LogP contribution in [0.1, 0.15) is 29.6 Å². The molecule has 30 heavy (non-hydrogen) atoms. The number of hydrogen-bond donors (Lipinski definition) is 0. The Morgan fingerprint density at radius 2 is 1.83 bits per heavy atom. The summed E-state index contributed by atoms with van der Waals surface area (Å²) in [6.07, 6.45) is 7.15. The number of rotatable bonds is 4. The molecule has 160 valence electrons. The van der Waals surface area contributed by atoms with Gasteiger partial charge in [-0.15, -0.1) is 0 Å².